The van der Waals surface area contributed by atoms with Gasteiger partial charge in [-0.25, -0.2) is 22.0 Å². The van der Waals surface area contributed by atoms with Crippen LogP contribution in [-0.2, 0) is 16.4 Å². The summed E-state index contributed by atoms with van der Waals surface area (Å²) in [5.74, 6) is -0.390. The Morgan fingerprint density at radius 2 is 1.72 bits per heavy atom. The number of phenolic OH excluding ortho intramolecular Hbond substituents is 1. The normalized spacial score (nSPS) is 15.1. The number of phenols is 1. The Balaban J connectivity index is 1.15. The molecule has 3 aromatic carbocycles. The molecule has 1 unspecified atom stereocenters. The summed E-state index contributed by atoms with van der Waals surface area (Å²) in [4.78, 5) is 12.3. The van der Waals surface area contributed by atoms with Crippen molar-refractivity contribution in [3.05, 3.63) is 83.9 Å². The van der Waals surface area contributed by atoms with E-state index < -0.39 is 33.8 Å². The minimum absolute atomic E-state index is 0.103. The molecular weight excluding hydrogens is 582 g/mol. The van der Waals surface area contributed by atoms with E-state index in [1.165, 1.54) is 46.8 Å². The average molecular weight is 619 g/mol. The van der Waals surface area contributed by atoms with Crippen molar-refractivity contribution in [2.24, 2.45) is 5.92 Å². The molecule has 0 aliphatic carbocycles. The first-order valence-electron chi connectivity index (χ1n) is 14.0. The van der Waals surface area contributed by atoms with Crippen molar-refractivity contribution in [2.75, 3.05) is 44.6 Å². The van der Waals surface area contributed by atoms with Crippen LogP contribution in [0.5, 0.6) is 11.5 Å². The molecule has 3 aromatic rings. The number of carbonyl (C=O) groups excluding carboxylic acids is 1. The maximum atomic E-state index is 13.7. The SMILES string of the molecule is O=C(NCCc1ccc(F)cc1F)Nc1ccc(S(=O)(=O)N2CCC(CNCC(O)COc3ccc(O)cc3)CC2)cc1. The van der Waals surface area contributed by atoms with Crippen molar-refractivity contribution in [1.29, 1.82) is 0 Å². The van der Waals surface area contributed by atoms with Gasteiger partial charge in [-0.05, 0) is 91.9 Å². The van der Waals surface area contributed by atoms with Crippen LogP contribution in [0.4, 0.5) is 19.3 Å². The second kappa shape index (κ2) is 15.1. The van der Waals surface area contributed by atoms with Crippen LogP contribution in [0.25, 0.3) is 0 Å². The smallest absolute Gasteiger partial charge is 0.319 e. The number of aliphatic hydroxyl groups excluding tert-OH is 1. The van der Waals surface area contributed by atoms with Crippen molar-refractivity contribution < 1.29 is 36.9 Å². The molecule has 1 aliphatic rings. The highest BCUT2D eigenvalue weighted by Crippen LogP contribution is 2.24. The predicted molar refractivity (Wildman–Crippen MR) is 157 cm³/mol. The number of nitrogens with zero attached hydrogens (tertiary/aromatic N) is 1. The van der Waals surface area contributed by atoms with Crippen LogP contribution in [-0.4, -0.2) is 74.4 Å². The molecule has 13 heteroatoms. The highest BCUT2D eigenvalue weighted by Gasteiger charge is 2.29. The Hall–Kier alpha value is -3.78. The number of carbonyl (C=O) groups is 1. The maximum absolute atomic E-state index is 13.7. The van der Waals surface area contributed by atoms with Gasteiger partial charge in [0.15, 0.2) is 0 Å². The lowest BCUT2D eigenvalue weighted by Crippen LogP contribution is -2.42. The number of urea groups is 1. The number of rotatable bonds is 13. The Labute approximate surface area is 249 Å². The van der Waals surface area contributed by atoms with Gasteiger partial charge < -0.3 is 30.9 Å². The highest BCUT2D eigenvalue weighted by atomic mass is 32.2. The van der Waals surface area contributed by atoms with Crippen LogP contribution in [0.1, 0.15) is 18.4 Å². The lowest BCUT2D eigenvalue weighted by Gasteiger charge is -2.31. The van der Waals surface area contributed by atoms with Gasteiger partial charge >= 0.3 is 6.03 Å². The molecule has 1 saturated heterocycles. The second-order valence-corrected chi connectivity index (χ2v) is 12.3. The zero-order valence-corrected chi connectivity index (χ0v) is 24.3. The standard InChI is InChI=1S/C30H36F2N4O6S/c31-23-2-1-22(29(32)17-23)11-14-34-30(39)35-24-3-9-28(10-4-24)43(40,41)36-15-12-21(13-16-36)18-33-19-26(38)20-42-27-7-5-25(37)6-8-27/h1-10,17,21,26,33,37-38H,11-16,18-20H2,(H2,34,35,39). The summed E-state index contributed by atoms with van der Waals surface area (Å²) in [6.07, 6.45) is 0.813. The van der Waals surface area contributed by atoms with Gasteiger partial charge in [-0.1, -0.05) is 6.07 Å². The zero-order chi connectivity index (χ0) is 30.8. The van der Waals surface area contributed by atoms with Crippen LogP contribution in [0.3, 0.4) is 0 Å². The van der Waals surface area contributed by atoms with Gasteiger partial charge in [0.05, 0.1) is 4.90 Å². The van der Waals surface area contributed by atoms with E-state index in [1.54, 1.807) is 12.1 Å². The number of aliphatic hydroxyl groups is 1. The summed E-state index contributed by atoms with van der Waals surface area (Å²) >= 11 is 0. The molecule has 2 amide bonds. The topological polar surface area (TPSA) is 140 Å². The fourth-order valence-electron chi connectivity index (χ4n) is 4.67. The minimum Gasteiger partial charge on any atom is -0.508 e. The van der Waals surface area contributed by atoms with Gasteiger partial charge in [0, 0.05) is 37.9 Å². The Bertz CT molecular complexity index is 1450. The van der Waals surface area contributed by atoms with Crippen molar-refractivity contribution in [2.45, 2.75) is 30.3 Å². The van der Waals surface area contributed by atoms with Crippen LogP contribution < -0.4 is 20.7 Å². The van der Waals surface area contributed by atoms with E-state index >= 15 is 0 Å². The molecule has 1 atom stereocenters. The first-order valence-corrected chi connectivity index (χ1v) is 15.4. The van der Waals surface area contributed by atoms with Crippen molar-refractivity contribution in [3.8, 4) is 11.5 Å². The number of nitrogens with one attached hydrogen (secondary N) is 3. The molecule has 0 radical (unpaired) electrons. The fraction of sp³-hybridized carbons (Fsp3) is 0.367. The number of halogens is 2. The van der Waals surface area contributed by atoms with Gasteiger partial charge in [0.25, 0.3) is 0 Å². The maximum Gasteiger partial charge on any atom is 0.319 e. The van der Waals surface area contributed by atoms with Gasteiger partial charge in [0.1, 0.15) is 35.8 Å². The molecule has 1 aliphatic heterocycles. The summed E-state index contributed by atoms with van der Waals surface area (Å²) in [6.45, 7) is 1.96. The number of sulfonamides is 1. The number of amides is 2. The van der Waals surface area contributed by atoms with E-state index in [1.807, 2.05) is 0 Å². The van der Waals surface area contributed by atoms with Crippen molar-refractivity contribution >= 4 is 21.7 Å². The van der Waals surface area contributed by atoms with Gasteiger partial charge in [-0.2, -0.15) is 4.31 Å². The molecule has 0 aromatic heterocycles. The fourth-order valence-corrected chi connectivity index (χ4v) is 6.14. The third kappa shape index (κ3) is 9.61. The van der Waals surface area contributed by atoms with Gasteiger partial charge in [-0.3, -0.25) is 0 Å². The van der Waals surface area contributed by atoms with E-state index in [4.69, 9.17) is 4.74 Å². The number of anilines is 1. The molecular formula is C30H36F2N4O6S. The van der Waals surface area contributed by atoms with Gasteiger partial charge in [0.2, 0.25) is 10.0 Å². The predicted octanol–water partition coefficient (Wildman–Crippen LogP) is 3.46. The molecule has 232 valence electrons. The highest BCUT2D eigenvalue weighted by molar-refractivity contribution is 7.89. The van der Waals surface area contributed by atoms with Crippen LogP contribution in [0.15, 0.2) is 71.6 Å². The molecule has 0 saturated carbocycles. The second-order valence-electron chi connectivity index (χ2n) is 10.4. The molecule has 1 heterocycles. The van der Waals surface area contributed by atoms with Gasteiger partial charge in [-0.15, -0.1) is 0 Å². The lowest BCUT2D eigenvalue weighted by molar-refractivity contribution is 0.104. The number of piperidine rings is 1. The average Bonchev–Trinajstić information content (AvgIpc) is 2.98. The van der Waals surface area contributed by atoms with Crippen molar-refractivity contribution in [3.63, 3.8) is 0 Å². The van der Waals surface area contributed by atoms with Crippen LogP contribution in [0.2, 0.25) is 0 Å². The first-order chi connectivity index (χ1) is 20.6. The molecule has 4 rings (SSSR count). The molecule has 1 fully saturated rings. The third-order valence-corrected chi connectivity index (χ3v) is 9.02. The Morgan fingerprint density at radius 3 is 2.40 bits per heavy atom. The van der Waals surface area contributed by atoms with Crippen molar-refractivity contribution in [1.82, 2.24) is 14.9 Å². The van der Waals surface area contributed by atoms with E-state index in [0.717, 1.165) is 12.1 Å². The summed E-state index contributed by atoms with van der Waals surface area (Å²) in [7, 11) is -3.70. The number of hydrogen-bond acceptors (Lipinski definition) is 7. The van der Waals surface area contributed by atoms with E-state index in [9.17, 15) is 32.2 Å². The summed E-state index contributed by atoms with van der Waals surface area (Å²) in [5, 5.41) is 27.9. The molecule has 0 spiro atoms. The zero-order valence-electron chi connectivity index (χ0n) is 23.5. The molecule has 0 bridgehead atoms. The minimum atomic E-state index is -3.70. The van der Waals surface area contributed by atoms with Crippen LogP contribution in [0, 0.1) is 17.6 Å². The van der Waals surface area contributed by atoms with E-state index in [0.29, 0.717) is 50.5 Å². The molecule has 10 nitrogen and oxygen atoms in total. The number of ether oxygens (including phenoxy) is 1. The number of hydrogen-bond donors (Lipinski definition) is 5. The van der Waals surface area contributed by atoms with E-state index in [-0.39, 0.29) is 41.7 Å². The first kappa shape index (κ1) is 32.1. The quantitative estimate of drug-likeness (QED) is 0.198. The molecule has 43 heavy (non-hydrogen) atoms. The number of benzene rings is 3. The third-order valence-electron chi connectivity index (χ3n) is 7.11. The van der Waals surface area contributed by atoms with Crippen LogP contribution >= 0.6 is 0 Å². The van der Waals surface area contributed by atoms with E-state index in [2.05, 4.69) is 16.0 Å². The summed E-state index contributed by atoms with van der Waals surface area (Å²) in [6, 6.07) is 14.9. The largest absolute Gasteiger partial charge is 0.508 e. The lowest BCUT2D eigenvalue weighted by atomic mass is 9.98. The summed E-state index contributed by atoms with van der Waals surface area (Å²) in [5.41, 5.74) is 0.675. The number of aromatic hydroxyl groups is 1. The monoisotopic (exact) mass is 618 g/mol. The molecule has 5 N–H and O–H groups in total. The Morgan fingerprint density at radius 1 is 1.02 bits per heavy atom. The summed E-state index contributed by atoms with van der Waals surface area (Å²) < 4.78 is 60.0. The Kier molecular flexibility index (Phi) is 11.3.